The first kappa shape index (κ1) is 13.9. The maximum atomic E-state index is 5.75. The molecule has 3 aromatic rings. The Morgan fingerprint density at radius 2 is 2.00 bits per heavy atom. The van der Waals surface area contributed by atoms with Gasteiger partial charge in [-0.25, -0.2) is 4.98 Å². The monoisotopic (exact) mass is 297 g/mol. The Bertz CT molecular complexity index is 783. The molecule has 2 heterocycles. The van der Waals surface area contributed by atoms with Gasteiger partial charge in [-0.1, -0.05) is 29.8 Å². The van der Waals surface area contributed by atoms with Crippen LogP contribution in [0.2, 0.25) is 0 Å². The molecular formula is C17H19N3S. The summed E-state index contributed by atoms with van der Waals surface area (Å²) in [5.74, 6) is 0. The molecule has 0 bridgehead atoms. The van der Waals surface area contributed by atoms with E-state index in [0.717, 1.165) is 12.2 Å². The maximum Gasteiger partial charge on any atom is 0.180 e. The lowest BCUT2D eigenvalue weighted by atomic mass is 10.1. The zero-order valence-electron chi connectivity index (χ0n) is 12.6. The molecule has 1 aromatic carbocycles. The van der Waals surface area contributed by atoms with E-state index in [1.807, 2.05) is 5.38 Å². The summed E-state index contributed by atoms with van der Waals surface area (Å²) in [6.07, 6.45) is 0. The normalized spacial score (nSPS) is 11.0. The molecule has 0 aliphatic carbocycles. The van der Waals surface area contributed by atoms with E-state index in [0.29, 0.717) is 5.13 Å². The third-order valence-electron chi connectivity index (χ3n) is 3.79. The van der Waals surface area contributed by atoms with Gasteiger partial charge in [0.1, 0.15) is 0 Å². The second kappa shape index (κ2) is 5.37. The van der Waals surface area contributed by atoms with Crippen LogP contribution in [-0.4, -0.2) is 9.55 Å². The summed E-state index contributed by atoms with van der Waals surface area (Å²) in [4.78, 5) is 4.40. The van der Waals surface area contributed by atoms with Crippen LogP contribution in [0.15, 0.2) is 35.7 Å². The van der Waals surface area contributed by atoms with Gasteiger partial charge < -0.3 is 10.3 Å². The number of nitrogens with zero attached hydrogens (tertiary/aromatic N) is 2. The van der Waals surface area contributed by atoms with E-state index in [1.54, 1.807) is 0 Å². The van der Waals surface area contributed by atoms with Crippen LogP contribution < -0.4 is 5.73 Å². The van der Waals surface area contributed by atoms with Crippen LogP contribution in [0.1, 0.15) is 22.5 Å². The van der Waals surface area contributed by atoms with E-state index in [9.17, 15) is 0 Å². The number of anilines is 1. The van der Waals surface area contributed by atoms with Gasteiger partial charge in [0.05, 0.1) is 5.69 Å². The molecule has 0 unspecified atom stereocenters. The second-order valence-electron chi connectivity index (χ2n) is 5.43. The Hall–Kier alpha value is -2.07. The molecule has 2 aromatic heterocycles. The highest BCUT2D eigenvalue weighted by atomic mass is 32.1. The number of aryl methyl sites for hydroxylation is 2. The molecule has 0 aliphatic heterocycles. The quantitative estimate of drug-likeness (QED) is 0.788. The van der Waals surface area contributed by atoms with E-state index in [1.165, 1.54) is 39.4 Å². The van der Waals surface area contributed by atoms with Crippen LogP contribution in [0, 0.1) is 20.8 Å². The Morgan fingerprint density at radius 1 is 1.19 bits per heavy atom. The summed E-state index contributed by atoms with van der Waals surface area (Å²) >= 11 is 1.49. The van der Waals surface area contributed by atoms with Gasteiger partial charge in [-0.3, -0.25) is 0 Å². The summed E-state index contributed by atoms with van der Waals surface area (Å²) in [5, 5.41) is 2.64. The summed E-state index contributed by atoms with van der Waals surface area (Å²) in [7, 11) is 0. The minimum atomic E-state index is 0.619. The molecule has 21 heavy (non-hydrogen) atoms. The van der Waals surface area contributed by atoms with Gasteiger partial charge in [0.25, 0.3) is 0 Å². The smallest absolute Gasteiger partial charge is 0.180 e. The van der Waals surface area contributed by atoms with Crippen LogP contribution in [0.4, 0.5) is 5.13 Å². The van der Waals surface area contributed by atoms with E-state index in [2.05, 4.69) is 60.7 Å². The molecule has 3 nitrogen and oxygen atoms in total. The SMILES string of the molecule is Cc1cccc(Cn2c(C)cc(-c3csc(N)n3)c2C)c1. The molecule has 0 radical (unpaired) electrons. The highest BCUT2D eigenvalue weighted by Gasteiger charge is 2.13. The van der Waals surface area contributed by atoms with Crippen LogP contribution in [0.5, 0.6) is 0 Å². The summed E-state index contributed by atoms with van der Waals surface area (Å²) < 4.78 is 2.33. The Kier molecular flexibility index (Phi) is 3.55. The third-order valence-corrected chi connectivity index (χ3v) is 4.47. The highest BCUT2D eigenvalue weighted by Crippen LogP contribution is 2.29. The van der Waals surface area contributed by atoms with Crippen LogP contribution in [0.3, 0.4) is 0 Å². The van der Waals surface area contributed by atoms with Gasteiger partial charge in [-0.15, -0.1) is 11.3 Å². The molecule has 3 rings (SSSR count). The van der Waals surface area contributed by atoms with Crippen molar-refractivity contribution in [3.8, 4) is 11.3 Å². The molecule has 0 fully saturated rings. The molecule has 0 atom stereocenters. The molecular weight excluding hydrogens is 278 g/mol. The zero-order valence-corrected chi connectivity index (χ0v) is 13.4. The van der Waals surface area contributed by atoms with Crippen LogP contribution >= 0.6 is 11.3 Å². The van der Waals surface area contributed by atoms with Crippen molar-refractivity contribution in [3.05, 3.63) is 58.2 Å². The summed E-state index contributed by atoms with van der Waals surface area (Å²) in [5.41, 5.74) is 13.0. The van der Waals surface area contributed by atoms with Gasteiger partial charge >= 0.3 is 0 Å². The minimum Gasteiger partial charge on any atom is -0.375 e. The largest absolute Gasteiger partial charge is 0.375 e. The zero-order chi connectivity index (χ0) is 15.0. The lowest BCUT2D eigenvalue weighted by Crippen LogP contribution is -2.04. The fourth-order valence-corrected chi connectivity index (χ4v) is 3.27. The first-order chi connectivity index (χ1) is 10.0. The van der Waals surface area contributed by atoms with Gasteiger partial charge in [-0.05, 0) is 32.4 Å². The van der Waals surface area contributed by atoms with Gasteiger partial charge in [0.2, 0.25) is 0 Å². The Balaban J connectivity index is 1.98. The number of nitrogens with two attached hydrogens (primary N) is 1. The van der Waals surface area contributed by atoms with E-state index in [-0.39, 0.29) is 0 Å². The molecule has 0 aliphatic rings. The molecule has 0 saturated carbocycles. The summed E-state index contributed by atoms with van der Waals surface area (Å²) in [6.45, 7) is 7.30. The maximum absolute atomic E-state index is 5.75. The second-order valence-corrected chi connectivity index (χ2v) is 6.32. The van der Waals surface area contributed by atoms with Crippen LogP contribution in [-0.2, 0) is 6.54 Å². The molecule has 2 N–H and O–H groups in total. The number of rotatable bonds is 3. The number of hydrogen-bond donors (Lipinski definition) is 1. The third kappa shape index (κ3) is 2.72. The van der Waals surface area contributed by atoms with Gasteiger partial charge in [0, 0.05) is 28.9 Å². The number of thiazole rings is 1. The average Bonchev–Trinajstić information content (AvgIpc) is 2.97. The predicted octanol–water partition coefficient (Wildman–Crippen LogP) is 4.17. The molecule has 0 spiro atoms. The van der Waals surface area contributed by atoms with Gasteiger partial charge in [-0.2, -0.15) is 0 Å². The average molecular weight is 297 g/mol. The van der Waals surface area contributed by atoms with Crippen molar-refractivity contribution in [3.63, 3.8) is 0 Å². The standard InChI is InChI=1S/C17H19N3S/c1-11-5-4-6-14(7-11)9-20-12(2)8-15(13(20)3)16-10-21-17(18)19-16/h4-8,10H,9H2,1-3H3,(H2,18,19). The van der Waals surface area contributed by atoms with E-state index < -0.39 is 0 Å². The lowest BCUT2D eigenvalue weighted by molar-refractivity contribution is 0.749. The molecule has 108 valence electrons. The first-order valence-corrected chi connectivity index (χ1v) is 7.86. The number of nitrogen functional groups attached to an aromatic ring is 1. The molecule has 0 amide bonds. The first-order valence-electron chi connectivity index (χ1n) is 6.98. The van der Waals surface area contributed by atoms with Crippen molar-refractivity contribution in [2.75, 3.05) is 5.73 Å². The van der Waals surface area contributed by atoms with E-state index in [4.69, 9.17) is 5.73 Å². The minimum absolute atomic E-state index is 0.619. The van der Waals surface area contributed by atoms with Crippen molar-refractivity contribution < 1.29 is 0 Å². The number of benzene rings is 1. The Morgan fingerprint density at radius 3 is 2.67 bits per heavy atom. The fraction of sp³-hybridized carbons (Fsp3) is 0.235. The topological polar surface area (TPSA) is 43.8 Å². The van der Waals surface area contributed by atoms with Crippen molar-refractivity contribution in [2.24, 2.45) is 0 Å². The van der Waals surface area contributed by atoms with Crippen molar-refractivity contribution >= 4 is 16.5 Å². The number of aromatic nitrogens is 2. The Labute approximate surface area is 129 Å². The van der Waals surface area contributed by atoms with Crippen molar-refractivity contribution in [1.82, 2.24) is 9.55 Å². The predicted molar refractivity (Wildman–Crippen MR) is 89.7 cm³/mol. The molecule has 4 heteroatoms. The fourth-order valence-electron chi connectivity index (χ4n) is 2.71. The van der Waals surface area contributed by atoms with Gasteiger partial charge in [0.15, 0.2) is 5.13 Å². The lowest BCUT2D eigenvalue weighted by Gasteiger charge is -2.10. The van der Waals surface area contributed by atoms with E-state index >= 15 is 0 Å². The molecule has 0 saturated heterocycles. The highest BCUT2D eigenvalue weighted by molar-refractivity contribution is 7.13. The van der Waals surface area contributed by atoms with Crippen molar-refractivity contribution in [2.45, 2.75) is 27.3 Å². The number of hydrogen-bond acceptors (Lipinski definition) is 3. The van der Waals surface area contributed by atoms with Crippen molar-refractivity contribution in [1.29, 1.82) is 0 Å². The summed E-state index contributed by atoms with van der Waals surface area (Å²) in [6, 6.07) is 10.8. The van der Waals surface area contributed by atoms with Crippen LogP contribution in [0.25, 0.3) is 11.3 Å².